The number of anilines is 1. The number of quaternary nitrogens is 1. The zero-order valence-corrected chi connectivity index (χ0v) is 16.7. The van der Waals surface area contributed by atoms with Gasteiger partial charge >= 0.3 is 6.03 Å². The lowest BCUT2D eigenvalue weighted by Gasteiger charge is -2.34. The number of halogens is 1. The first-order valence-electron chi connectivity index (χ1n) is 9.27. The van der Waals surface area contributed by atoms with Crippen LogP contribution in [0.2, 0.25) is 5.02 Å². The molecule has 0 aliphatic carbocycles. The van der Waals surface area contributed by atoms with Gasteiger partial charge in [-0.25, -0.2) is 4.79 Å². The number of amides is 3. The van der Waals surface area contributed by atoms with Gasteiger partial charge in [0.05, 0.1) is 26.2 Å². The van der Waals surface area contributed by atoms with Crippen molar-refractivity contribution in [3.8, 4) is 0 Å². The van der Waals surface area contributed by atoms with Gasteiger partial charge in [0.15, 0.2) is 6.54 Å². The van der Waals surface area contributed by atoms with Gasteiger partial charge in [0.1, 0.15) is 0 Å². The van der Waals surface area contributed by atoms with E-state index in [1.165, 1.54) is 10.5 Å². The summed E-state index contributed by atoms with van der Waals surface area (Å²) in [6.07, 6.45) is 0.901. The highest BCUT2D eigenvalue weighted by molar-refractivity contribution is 6.30. The third-order valence-electron chi connectivity index (χ3n) is 4.65. The molecule has 1 aromatic carbocycles. The SMILES string of the molecule is Cc1ccc(Cl)cc1N1CC[NH+](CC(=O)NC(=O)NCCC(C)C)CC1. The molecule has 3 N–H and O–H groups in total. The molecular weight excluding hydrogens is 352 g/mol. The van der Waals surface area contributed by atoms with Gasteiger partial charge in [0.2, 0.25) is 0 Å². The number of aryl methyl sites for hydroxylation is 1. The monoisotopic (exact) mass is 381 g/mol. The predicted molar refractivity (Wildman–Crippen MR) is 105 cm³/mol. The van der Waals surface area contributed by atoms with Crippen molar-refractivity contribution in [1.29, 1.82) is 0 Å². The third-order valence-corrected chi connectivity index (χ3v) is 4.89. The van der Waals surface area contributed by atoms with Crippen molar-refractivity contribution >= 4 is 29.2 Å². The molecule has 1 aliphatic rings. The Morgan fingerprint density at radius 2 is 1.96 bits per heavy atom. The Morgan fingerprint density at radius 1 is 1.27 bits per heavy atom. The van der Waals surface area contributed by atoms with E-state index >= 15 is 0 Å². The minimum Gasteiger partial charge on any atom is -0.360 e. The molecule has 0 saturated carbocycles. The molecule has 2 rings (SSSR count). The first-order chi connectivity index (χ1) is 12.3. The van der Waals surface area contributed by atoms with Gasteiger partial charge in [-0.3, -0.25) is 10.1 Å². The van der Waals surface area contributed by atoms with Crippen LogP contribution in [0.5, 0.6) is 0 Å². The molecule has 1 fully saturated rings. The molecule has 0 spiro atoms. The Kier molecular flexibility index (Phi) is 7.72. The van der Waals surface area contributed by atoms with Gasteiger partial charge in [-0.05, 0) is 37.0 Å². The molecule has 26 heavy (non-hydrogen) atoms. The Hall–Kier alpha value is -1.79. The molecule has 144 valence electrons. The van der Waals surface area contributed by atoms with Crippen LogP contribution in [-0.2, 0) is 4.79 Å². The average molecular weight is 382 g/mol. The number of carbonyl (C=O) groups excluding carboxylic acids is 2. The lowest BCUT2D eigenvalue weighted by molar-refractivity contribution is -0.892. The summed E-state index contributed by atoms with van der Waals surface area (Å²) in [5.41, 5.74) is 2.36. The van der Waals surface area contributed by atoms with Crippen LogP contribution in [0, 0.1) is 12.8 Å². The van der Waals surface area contributed by atoms with E-state index in [1.807, 2.05) is 18.2 Å². The molecular formula is C19H30ClN4O2+. The van der Waals surface area contributed by atoms with E-state index in [9.17, 15) is 9.59 Å². The maximum atomic E-state index is 12.0. The number of benzene rings is 1. The van der Waals surface area contributed by atoms with Crippen LogP contribution >= 0.6 is 11.6 Å². The highest BCUT2D eigenvalue weighted by Crippen LogP contribution is 2.24. The van der Waals surface area contributed by atoms with Gasteiger partial charge in [-0.15, -0.1) is 0 Å². The summed E-state index contributed by atoms with van der Waals surface area (Å²) in [5, 5.41) is 5.88. The van der Waals surface area contributed by atoms with E-state index in [2.05, 4.69) is 36.3 Å². The average Bonchev–Trinajstić information content (AvgIpc) is 2.57. The number of nitrogens with zero attached hydrogens (tertiary/aromatic N) is 1. The second kappa shape index (κ2) is 9.78. The lowest BCUT2D eigenvalue weighted by Crippen LogP contribution is -3.16. The zero-order valence-electron chi connectivity index (χ0n) is 15.9. The Labute approximate surface area is 160 Å². The molecule has 0 aromatic heterocycles. The largest absolute Gasteiger partial charge is 0.360 e. The first-order valence-corrected chi connectivity index (χ1v) is 9.65. The molecule has 1 aromatic rings. The number of hydrogen-bond acceptors (Lipinski definition) is 3. The number of carbonyl (C=O) groups is 2. The number of piperazine rings is 1. The number of urea groups is 1. The smallest absolute Gasteiger partial charge is 0.321 e. The van der Waals surface area contributed by atoms with Crippen molar-refractivity contribution in [2.75, 3.05) is 44.2 Å². The first kappa shape index (κ1) is 20.5. The maximum absolute atomic E-state index is 12.0. The van der Waals surface area contributed by atoms with Crippen LogP contribution < -0.4 is 20.4 Å². The van der Waals surface area contributed by atoms with Crippen LogP contribution in [0.4, 0.5) is 10.5 Å². The van der Waals surface area contributed by atoms with Crippen LogP contribution in [-0.4, -0.2) is 51.2 Å². The van der Waals surface area contributed by atoms with E-state index in [0.29, 0.717) is 19.0 Å². The number of nitrogens with one attached hydrogen (secondary N) is 3. The highest BCUT2D eigenvalue weighted by atomic mass is 35.5. The summed E-state index contributed by atoms with van der Waals surface area (Å²) in [6.45, 7) is 10.6. The van der Waals surface area contributed by atoms with E-state index in [-0.39, 0.29) is 5.91 Å². The van der Waals surface area contributed by atoms with Crippen molar-refractivity contribution in [3.05, 3.63) is 28.8 Å². The summed E-state index contributed by atoms with van der Waals surface area (Å²) in [6, 6.07) is 5.53. The molecule has 0 bridgehead atoms. The van der Waals surface area contributed by atoms with Crippen LogP contribution in [0.3, 0.4) is 0 Å². The second-order valence-corrected chi connectivity index (χ2v) is 7.77. The van der Waals surface area contributed by atoms with Gasteiger partial charge < -0.3 is 15.1 Å². The summed E-state index contributed by atoms with van der Waals surface area (Å²) < 4.78 is 0. The molecule has 1 saturated heterocycles. The highest BCUT2D eigenvalue weighted by Gasteiger charge is 2.23. The molecule has 3 amide bonds. The summed E-state index contributed by atoms with van der Waals surface area (Å²) in [7, 11) is 0. The Morgan fingerprint density at radius 3 is 2.62 bits per heavy atom. The van der Waals surface area contributed by atoms with Crippen LogP contribution in [0.15, 0.2) is 18.2 Å². The minimum atomic E-state index is -0.400. The van der Waals surface area contributed by atoms with Crippen LogP contribution in [0.25, 0.3) is 0 Å². The van der Waals surface area contributed by atoms with E-state index in [4.69, 9.17) is 11.6 Å². The summed E-state index contributed by atoms with van der Waals surface area (Å²) >= 11 is 6.11. The number of imide groups is 1. The summed E-state index contributed by atoms with van der Waals surface area (Å²) in [5.74, 6) is 0.296. The lowest BCUT2D eigenvalue weighted by atomic mass is 10.1. The number of rotatable bonds is 6. The molecule has 7 heteroatoms. The normalized spacial score (nSPS) is 15.2. The van der Waals surface area contributed by atoms with E-state index in [0.717, 1.165) is 43.3 Å². The fourth-order valence-electron chi connectivity index (χ4n) is 3.08. The van der Waals surface area contributed by atoms with Crippen molar-refractivity contribution in [2.45, 2.75) is 27.2 Å². The second-order valence-electron chi connectivity index (χ2n) is 7.33. The molecule has 0 atom stereocenters. The third kappa shape index (κ3) is 6.50. The Balaban J connectivity index is 1.73. The van der Waals surface area contributed by atoms with Crippen molar-refractivity contribution < 1.29 is 14.5 Å². The zero-order chi connectivity index (χ0) is 19.1. The predicted octanol–water partition coefficient (Wildman–Crippen LogP) is 1.23. The molecule has 1 heterocycles. The van der Waals surface area contributed by atoms with Crippen molar-refractivity contribution in [1.82, 2.24) is 10.6 Å². The fraction of sp³-hybridized carbons (Fsp3) is 0.579. The molecule has 0 radical (unpaired) electrons. The van der Waals surface area contributed by atoms with E-state index in [1.54, 1.807) is 0 Å². The summed E-state index contributed by atoms with van der Waals surface area (Å²) in [4.78, 5) is 27.3. The van der Waals surface area contributed by atoms with Crippen LogP contribution in [0.1, 0.15) is 25.8 Å². The topological polar surface area (TPSA) is 65.9 Å². The quantitative estimate of drug-likeness (QED) is 0.694. The fourth-order valence-corrected chi connectivity index (χ4v) is 3.25. The Bertz CT molecular complexity index is 628. The molecule has 6 nitrogen and oxygen atoms in total. The maximum Gasteiger partial charge on any atom is 0.321 e. The number of hydrogen-bond donors (Lipinski definition) is 3. The van der Waals surface area contributed by atoms with Gasteiger partial charge in [0.25, 0.3) is 5.91 Å². The van der Waals surface area contributed by atoms with Gasteiger partial charge in [0, 0.05) is 17.3 Å². The van der Waals surface area contributed by atoms with Gasteiger partial charge in [-0.2, -0.15) is 0 Å². The van der Waals surface area contributed by atoms with Gasteiger partial charge in [-0.1, -0.05) is 31.5 Å². The molecule has 0 unspecified atom stereocenters. The van der Waals surface area contributed by atoms with Crippen molar-refractivity contribution in [3.63, 3.8) is 0 Å². The van der Waals surface area contributed by atoms with E-state index < -0.39 is 6.03 Å². The minimum absolute atomic E-state index is 0.227. The van der Waals surface area contributed by atoms with Crippen molar-refractivity contribution in [2.24, 2.45) is 5.92 Å². The molecule has 1 aliphatic heterocycles. The standard InChI is InChI=1S/C19H29ClN4O2/c1-14(2)6-7-21-19(26)22-18(25)13-23-8-10-24(11-9-23)17-12-16(20)5-4-15(17)3/h4-5,12,14H,6-11,13H2,1-3H3,(H2,21,22,25,26)/p+1.